The average Bonchev–Trinajstić information content (AvgIpc) is 2.17. The number of nitrogens with zero attached hydrogens (tertiary/aromatic N) is 1. The maximum atomic E-state index is 11.4. The summed E-state index contributed by atoms with van der Waals surface area (Å²) in [6.45, 7) is 2.17. The van der Waals surface area contributed by atoms with Gasteiger partial charge in [0, 0.05) is 18.8 Å². The van der Waals surface area contributed by atoms with E-state index in [-0.39, 0.29) is 17.7 Å². The molecule has 1 rings (SSSR count). The van der Waals surface area contributed by atoms with E-state index in [1.807, 2.05) is 0 Å². The van der Waals surface area contributed by atoms with Crippen LogP contribution in [0.25, 0.3) is 0 Å². The summed E-state index contributed by atoms with van der Waals surface area (Å²) in [4.78, 5) is 15.1. The van der Waals surface area contributed by atoms with Crippen LogP contribution in [0.3, 0.4) is 0 Å². The minimum Gasteiger partial charge on any atom is -0.506 e. The molecule has 0 fully saturated rings. The summed E-state index contributed by atoms with van der Waals surface area (Å²) in [5, 5.41) is 11.7. The Kier molecular flexibility index (Phi) is 3.41. The average molecular weight is 195 g/mol. The molecule has 4 N–H and O–H groups in total. The number of aromatic hydroxyl groups is 1. The molecular weight excluding hydrogens is 182 g/mol. The zero-order chi connectivity index (χ0) is 10.6. The Bertz CT molecular complexity index is 328. The second-order valence-corrected chi connectivity index (χ2v) is 3.04. The summed E-state index contributed by atoms with van der Waals surface area (Å²) in [7, 11) is 0. The van der Waals surface area contributed by atoms with Gasteiger partial charge < -0.3 is 16.2 Å². The van der Waals surface area contributed by atoms with Crippen LogP contribution in [0, 0.1) is 0 Å². The van der Waals surface area contributed by atoms with E-state index in [4.69, 9.17) is 10.8 Å². The Labute approximate surface area is 82.0 Å². The summed E-state index contributed by atoms with van der Waals surface area (Å²) >= 11 is 0. The van der Waals surface area contributed by atoms with E-state index >= 15 is 0 Å². The Morgan fingerprint density at radius 3 is 3.00 bits per heavy atom. The fraction of sp³-hybridized carbons (Fsp3) is 0.333. The highest BCUT2D eigenvalue weighted by atomic mass is 16.3. The van der Waals surface area contributed by atoms with Crippen molar-refractivity contribution in [3.63, 3.8) is 0 Å². The van der Waals surface area contributed by atoms with E-state index in [0.717, 1.165) is 0 Å². The Balaban J connectivity index is 2.70. The van der Waals surface area contributed by atoms with Gasteiger partial charge in [-0.15, -0.1) is 0 Å². The van der Waals surface area contributed by atoms with Crippen molar-refractivity contribution in [1.29, 1.82) is 0 Å². The topological polar surface area (TPSA) is 88.2 Å². The van der Waals surface area contributed by atoms with E-state index in [0.29, 0.717) is 12.1 Å². The van der Waals surface area contributed by atoms with E-state index in [1.54, 1.807) is 6.92 Å². The van der Waals surface area contributed by atoms with Gasteiger partial charge in [-0.3, -0.25) is 9.78 Å². The lowest BCUT2D eigenvalue weighted by Gasteiger charge is -2.10. The van der Waals surface area contributed by atoms with Gasteiger partial charge in [0.15, 0.2) is 0 Å². The Morgan fingerprint density at radius 2 is 2.43 bits per heavy atom. The van der Waals surface area contributed by atoms with E-state index in [2.05, 4.69) is 10.3 Å². The van der Waals surface area contributed by atoms with Gasteiger partial charge in [0.05, 0.1) is 11.8 Å². The van der Waals surface area contributed by atoms with Crippen LogP contribution >= 0.6 is 0 Å². The van der Waals surface area contributed by atoms with Crippen LogP contribution in [-0.2, 0) is 0 Å². The summed E-state index contributed by atoms with van der Waals surface area (Å²) in [5.41, 5.74) is 5.67. The van der Waals surface area contributed by atoms with Crippen molar-refractivity contribution in [2.45, 2.75) is 13.0 Å². The van der Waals surface area contributed by atoms with Crippen LogP contribution in [0.1, 0.15) is 17.3 Å². The highest BCUT2D eigenvalue weighted by molar-refractivity contribution is 5.94. The number of nitrogens with one attached hydrogen (secondary N) is 1. The molecule has 0 radical (unpaired) electrons. The molecular formula is C9H13N3O2. The molecule has 0 aliphatic carbocycles. The maximum absolute atomic E-state index is 11.4. The van der Waals surface area contributed by atoms with Gasteiger partial charge in [0.2, 0.25) is 0 Å². The largest absolute Gasteiger partial charge is 0.506 e. The van der Waals surface area contributed by atoms with Crippen molar-refractivity contribution in [3.8, 4) is 5.75 Å². The van der Waals surface area contributed by atoms with Gasteiger partial charge in [0.1, 0.15) is 5.75 Å². The van der Waals surface area contributed by atoms with Gasteiger partial charge in [-0.2, -0.15) is 0 Å². The summed E-state index contributed by atoms with van der Waals surface area (Å²) < 4.78 is 0. The SMILES string of the molecule is C[C@H](CN)NC(=O)c1cncc(O)c1. The van der Waals surface area contributed by atoms with Crippen LogP contribution in [0.15, 0.2) is 18.5 Å². The highest BCUT2D eigenvalue weighted by Crippen LogP contribution is 2.08. The third kappa shape index (κ3) is 2.70. The first-order valence-electron chi connectivity index (χ1n) is 4.28. The number of hydrogen-bond acceptors (Lipinski definition) is 4. The lowest BCUT2D eigenvalue weighted by Crippen LogP contribution is -2.37. The molecule has 0 saturated heterocycles. The summed E-state index contributed by atoms with van der Waals surface area (Å²) in [5.74, 6) is -0.315. The fourth-order valence-electron chi connectivity index (χ4n) is 0.918. The molecule has 1 atom stereocenters. The number of hydrogen-bond donors (Lipinski definition) is 3. The standard InChI is InChI=1S/C9H13N3O2/c1-6(3-10)12-9(14)7-2-8(13)5-11-4-7/h2,4-6,13H,3,10H2,1H3,(H,12,14)/t6-/m1/s1. The van der Waals surface area contributed by atoms with Crippen molar-refractivity contribution in [2.24, 2.45) is 5.73 Å². The van der Waals surface area contributed by atoms with Gasteiger partial charge in [-0.25, -0.2) is 0 Å². The molecule has 5 nitrogen and oxygen atoms in total. The molecule has 0 bridgehead atoms. The highest BCUT2D eigenvalue weighted by Gasteiger charge is 2.08. The monoisotopic (exact) mass is 195 g/mol. The van der Waals surface area contributed by atoms with Gasteiger partial charge in [-0.1, -0.05) is 0 Å². The Hall–Kier alpha value is -1.62. The van der Waals surface area contributed by atoms with Crippen LogP contribution < -0.4 is 11.1 Å². The van der Waals surface area contributed by atoms with Gasteiger partial charge >= 0.3 is 0 Å². The normalized spacial score (nSPS) is 12.1. The second kappa shape index (κ2) is 4.57. The molecule has 5 heteroatoms. The number of carbonyl (C=O) groups is 1. The van der Waals surface area contributed by atoms with Gasteiger partial charge in [0.25, 0.3) is 5.91 Å². The quantitative estimate of drug-likeness (QED) is 0.626. The van der Waals surface area contributed by atoms with E-state index in [9.17, 15) is 4.79 Å². The van der Waals surface area contributed by atoms with Crippen molar-refractivity contribution < 1.29 is 9.90 Å². The molecule has 0 aliphatic heterocycles. The first kappa shape index (κ1) is 10.5. The molecule has 0 spiro atoms. The molecule has 1 amide bonds. The van der Waals surface area contributed by atoms with E-state index < -0.39 is 0 Å². The second-order valence-electron chi connectivity index (χ2n) is 3.04. The number of rotatable bonds is 3. The fourth-order valence-corrected chi connectivity index (χ4v) is 0.918. The third-order valence-corrected chi connectivity index (χ3v) is 1.72. The molecule has 0 saturated carbocycles. The first-order chi connectivity index (χ1) is 6.63. The maximum Gasteiger partial charge on any atom is 0.253 e. The van der Waals surface area contributed by atoms with Crippen molar-refractivity contribution >= 4 is 5.91 Å². The zero-order valence-electron chi connectivity index (χ0n) is 7.90. The lowest BCUT2D eigenvalue weighted by molar-refractivity contribution is 0.0940. The van der Waals surface area contributed by atoms with Crippen LogP contribution in [-0.4, -0.2) is 28.6 Å². The van der Waals surface area contributed by atoms with E-state index in [1.165, 1.54) is 18.5 Å². The smallest absolute Gasteiger partial charge is 0.253 e. The lowest BCUT2D eigenvalue weighted by atomic mass is 10.2. The molecule has 0 aliphatic rings. The van der Waals surface area contributed by atoms with Crippen LogP contribution in [0.4, 0.5) is 0 Å². The predicted molar refractivity (Wildman–Crippen MR) is 51.9 cm³/mol. The number of aromatic nitrogens is 1. The number of amides is 1. The zero-order valence-corrected chi connectivity index (χ0v) is 7.90. The van der Waals surface area contributed by atoms with Crippen molar-refractivity contribution in [3.05, 3.63) is 24.0 Å². The summed E-state index contributed by atoms with van der Waals surface area (Å²) in [6, 6.07) is 1.26. The molecule has 76 valence electrons. The number of nitrogens with two attached hydrogens (primary N) is 1. The Morgan fingerprint density at radius 1 is 1.71 bits per heavy atom. The number of carbonyl (C=O) groups excluding carboxylic acids is 1. The van der Waals surface area contributed by atoms with Crippen LogP contribution in [0.5, 0.6) is 5.75 Å². The third-order valence-electron chi connectivity index (χ3n) is 1.72. The first-order valence-corrected chi connectivity index (χ1v) is 4.28. The van der Waals surface area contributed by atoms with Gasteiger partial charge in [-0.05, 0) is 13.0 Å². The molecule has 0 unspecified atom stereocenters. The minimum absolute atomic E-state index is 0.0296. The van der Waals surface area contributed by atoms with Crippen molar-refractivity contribution in [2.75, 3.05) is 6.54 Å². The molecule has 14 heavy (non-hydrogen) atoms. The molecule has 0 aromatic carbocycles. The molecule has 1 heterocycles. The van der Waals surface area contributed by atoms with Crippen LogP contribution in [0.2, 0.25) is 0 Å². The summed E-state index contributed by atoms with van der Waals surface area (Å²) in [6.07, 6.45) is 2.65. The van der Waals surface area contributed by atoms with Crippen molar-refractivity contribution in [1.82, 2.24) is 10.3 Å². The molecule has 1 aromatic heterocycles. The number of pyridine rings is 1. The minimum atomic E-state index is -0.286. The predicted octanol–water partition coefficient (Wildman–Crippen LogP) is -0.136. The molecule has 1 aromatic rings.